The molecule has 0 atom stereocenters. The summed E-state index contributed by atoms with van der Waals surface area (Å²) in [6.45, 7) is 7.18. The lowest BCUT2D eigenvalue weighted by Gasteiger charge is -2.17. The zero-order valence-corrected chi connectivity index (χ0v) is 11.6. The van der Waals surface area contributed by atoms with E-state index in [1.807, 2.05) is 6.92 Å². The molecule has 0 aliphatic heterocycles. The fraction of sp³-hybridized carbons (Fsp3) is 1.00. The minimum Gasteiger partial charge on any atom is -0.317 e. The van der Waals surface area contributed by atoms with Crippen LogP contribution < -0.4 is 5.32 Å². The van der Waals surface area contributed by atoms with Gasteiger partial charge in [0.2, 0.25) is 10.0 Å². The van der Waals surface area contributed by atoms with E-state index in [9.17, 15) is 8.42 Å². The standard InChI is InChI=1S/C11H26N2O2S/c1-4-6-7-9-12-10-8-11-13(5-2)16(3,14)15/h12H,4-11H2,1-3H3. The molecule has 0 radical (unpaired) electrons. The summed E-state index contributed by atoms with van der Waals surface area (Å²) < 4.78 is 24.1. The first-order valence-electron chi connectivity index (χ1n) is 6.18. The van der Waals surface area contributed by atoms with Crippen LogP contribution in [0.4, 0.5) is 0 Å². The van der Waals surface area contributed by atoms with E-state index >= 15 is 0 Å². The van der Waals surface area contributed by atoms with E-state index in [0.29, 0.717) is 13.1 Å². The molecule has 0 amide bonds. The van der Waals surface area contributed by atoms with Crippen LogP contribution in [0.2, 0.25) is 0 Å². The summed E-state index contributed by atoms with van der Waals surface area (Å²) in [5.41, 5.74) is 0. The summed E-state index contributed by atoms with van der Waals surface area (Å²) in [6, 6.07) is 0. The maximum Gasteiger partial charge on any atom is 0.211 e. The Labute approximate surface area is 100 Å². The van der Waals surface area contributed by atoms with Gasteiger partial charge in [0.05, 0.1) is 6.26 Å². The van der Waals surface area contributed by atoms with Crippen molar-refractivity contribution < 1.29 is 8.42 Å². The second kappa shape index (κ2) is 8.96. The molecule has 0 aliphatic rings. The second-order valence-electron chi connectivity index (χ2n) is 4.07. The Kier molecular flexibility index (Phi) is 8.89. The van der Waals surface area contributed by atoms with Crippen molar-refractivity contribution in [1.29, 1.82) is 0 Å². The van der Waals surface area contributed by atoms with E-state index < -0.39 is 10.0 Å². The molecule has 0 unspecified atom stereocenters. The van der Waals surface area contributed by atoms with Gasteiger partial charge in [-0.05, 0) is 25.9 Å². The molecule has 0 bridgehead atoms. The van der Waals surface area contributed by atoms with Crippen molar-refractivity contribution in [3.8, 4) is 0 Å². The highest BCUT2D eigenvalue weighted by Crippen LogP contribution is 1.98. The van der Waals surface area contributed by atoms with Gasteiger partial charge in [-0.3, -0.25) is 0 Å². The molecule has 5 heteroatoms. The minimum atomic E-state index is -3.01. The lowest BCUT2D eigenvalue weighted by molar-refractivity contribution is 0.418. The fourth-order valence-corrected chi connectivity index (χ4v) is 2.49. The van der Waals surface area contributed by atoms with Gasteiger partial charge in [-0.1, -0.05) is 26.7 Å². The predicted molar refractivity (Wildman–Crippen MR) is 69.1 cm³/mol. The molecular weight excluding hydrogens is 224 g/mol. The molecule has 0 aromatic carbocycles. The Morgan fingerprint density at radius 3 is 2.19 bits per heavy atom. The first-order valence-corrected chi connectivity index (χ1v) is 8.03. The van der Waals surface area contributed by atoms with Crippen LogP contribution in [0.5, 0.6) is 0 Å². The fourth-order valence-electron chi connectivity index (χ4n) is 1.56. The van der Waals surface area contributed by atoms with Gasteiger partial charge in [-0.2, -0.15) is 0 Å². The van der Waals surface area contributed by atoms with E-state index in [2.05, 4.69) is 12.2 Å². The number of sulfonamides is 1. The maximum absolute atomic E-state index is 11.3. The van der Waals surface area contributed by atoms with Gasteiger partial charge in [0.1, 0.15) is 0 Å². The van der Waals surface area contributed by atoms with Crippen molar-refractivity contribution in [3.63, 3.8) is 0 Å². The summed E-state index contributed by atoms with van der Waals surface area (Å²) >= 11 is 0. The average Bonchev–Trinajstić information content (AvgIpc) is 2.20. The third-order valence-corrected chi connectivity index (χ3v) is 3.92. The van der Waals surface area contributed by atoms with Gasteiger partial charge in [0.15, 0.2) is 0 Å². The highest BCUT2D eigenvalue weighted by Gasteiger charge is 2.12. The summed E-state index contributed by atoms with van der Waals surface area (Å²) in [7, 11) is -3.01. The molecule has 0 aromatic rings. The lowest BCUT2D eigenvalue weighted by atomic mass is 10.2. The molecule has 0 rings (SSSR count). The number of hydrogen-bond donors (Lipinski definition) is 1. The van der Waals surface area contributed by atoms with Crippen molar-refractivity contribution in [2.24, 2.45) is 0 Å². The van der Waals surface area contributed by atoms with Crippen LogP contribution in [0.3, 0.4) is 0 Å². The largest absolute Gasteiger partial charge is 0.317 e. The van der Waals surface area contributed by atoms with E-state index in [1.54, 1.807) is 0 Å². The highest BCUT2D eigenvalue weighted by atomic mass is 32.2. The number of nitrogens with one attached hydrogen (secondary N) is 1. The Morgan fingerprint density at radius 1 is 1.06 bits per heavy atom. The molecule has 0 fully saturated rings. The van der Waals surface area contributed by atoms with Crippen LogP contribution in [-0.2, 0) is 10.0 Å². The molecule has 0 heterocycles. The van der Waals surface area contributed by atoms with Crippen molar-refractivity contribution in [1.82, 2.24) is 9.62 Å². The average molecular weight is 250 g/mol. The van der Waals surface area contributed by atoms with E-state index in [1.165, 1.54) is 29.8 Å². The van der Waals surface area contributed by atoms with Crippen LogP contribution in [0, 0.1) is 0 Å². The van der Waals surface area contributed by atoms with Crippen molar-refractivity contribution in [2.75, 3.05) is 32.4 Å². The maximum atomic E-state index is 11.3. The van der Waals surface area contributed by atoms with Gasteiger partial charge in [-0.25, -0.2) is 12.7 Å². The summed E-state index contributed by atoms with van der Waals surface area (Å²) in [5.74, 6) is 0. The van der Waals surface area contributed by atoms with Crippen LogP contribution in [0.15, 0.2) is 0 Å². The van der Waals surface area contributed by atoms with Gasteiger partial charge in [-0.15, -0.1) is 0 Å². The molecule has 0 aromatic heterocycles. The van der Waals surface area contributed by atoms with Gasteiger partial charge < -0.3 is 5.32 Å². The predicted octanol–water partition coefficient (Wildman–Crippen LogP) is 1.44. The van der Waals surface area contributed by atoms with Crippen LogP contribution in [0.1, 0.15) is 39.5 Å². The van der Waals surface area contributed by atoms with Crippen LogP contribution in [0.25, 0.3) is 0 Å². The third kappa shape index (κ3) is 8.07. The molecule has 0 spiro atoms. The van der Waals surface area contributed by atoms with E-state index in [0.717, 1.165) is 19.5 Å². The number of hydrogen-bond acceptors (Lipinski definition) is 3. The molecule has 1 N–H and O–H groups in total. The lowest BCUT2D eigenvalue weighted by Crippen LogP contribution is -2.32. The molecule has 98 valence electrons. The van der Waals surface area contributed by atoms with Crippen molar-refractivity contribution >= 4 is 10.0 Å². The van der Waals surface area contributed by atoms with Gasteiger partial charge in [0, 0.05) is 13.1 Å². The monoisotopic (exact) mass is 250 g/mol. The summed E-state index contributed by atoms with van der Waals surface area (Å²) in [4.78, 5) is 0. The Morgan fingerprint density at radius 2 is 1.69 bits per heavy atom. The molecule has 0 saturated carbocycles. The molecule has 4 nitrogen and oxygen atoms in total. The number of nitrogens with zero attached hydrogens (tertiary/aromatic N) is 1. The Balaban J connectivity index is 3.50. The zero-order valence-electron chi connectivity index (χ0n) is 10.8. The Hall–Kier alpha value is -0.130. The number of rotatable bonds is 10. The highest BCUT2D eigenvalue weighted by molar-refractivity contribution is 7.88. The number of unbranched alkanes of at least 4 members (excludes halogenated alkanes) is 2. The Bertz CT molecular complexity index is 253. The molecule has 0 saturated heterocycles. The van der Waals surface area contributed by atoms with E-state index in [4.69, 9.17) is 0 Å². The summed E-state index contributed by atoms with van der Waals surface area (Å²) in [6.07, 6.45) is 5.86. The third-order valence-electron chi connectivity index (χ3n) is 2.54. The van der Waals surface area contributed by atoms with E-state index in [-0.39, 0.29) is 0 Å². The molecule has 0 aliphatic carbocycles. The molecule has 16 heavy (non-hydrogen) atoms. The van der Waals surface area contributed by atoms with Crippen LogP contribution >= 0.6 is 0 Å². The van der Waals surface area contributed by atoms with Crippen molar-refractivity contribution in [2.45, 2.75) is 39.5 Å². The SMILES string of the molecule is CCCCCNCCCN(CC)S(C)(=O)=O. The van der Waals surface area contributed by atoms with Crippen LogP contribution in [-0.4, -0.2) is 45.2 Å². The zero-order chi connectivity index (χ0) is 12.4. The summed E-state index contributed by atoms with van der Waals surface area (Å²) in [5, 5.41) is 3.33. The van der Waals surface area contributed by atoms with Crippen molar-refractivity contribution in [3.05, 3.63) is 0 Å². The topological polar surface area (TPSA) is 49.4 Å². The van der Waals surface area contributed by atoms with Gasteiger partial charge in [0.25, 0.3) is 0 Å². The normalized spacial score (nSPS) is 12.2. The van der Waals surface area contributed by atoms with Gasteiger partial charge >= 0.3 is 0 Å². The second-order valence-corrected chi connectivity index (χ2v) is 6.05. The minimum absolute atomic E-state index is 0.564. The first-order chi connectivity index (χ1) is 7.52. The smallest absolute Gasteiger partial charge is 0.211 e. The quantitative estimate of drug-likeness (QED) is 0.597. The first kappa shape index (κ1) is 15.9. The molecular formula is C11H26N2O2S.